The Morgan fingerprint density at radius 3 is 2.59 bits per heavy atom. The highest BCUT2D eigenvalue weighted by Gasteiger charge is 2.20. The first kappa shape index (κ1) is 14.8. The highest BCUT2D eigenvalue weighted by Crippen LogP contribution is 2.22. The second kappa shape index (κ2) is 6.62. The van der Waals surface area contributed by atoms with Crippen molar-refractivity contribution in [1.82, 2.24) is 4.90 Å². The molecule has 0 heterocycles. The van der Waals surface area contributed by atoms with Gasteiger partial charge in [0.2, 0.25) is 0 Å². The minimum Gasteiger partial charge on any atom is -0.335 e. The highest BCUT2D eigenvalue weighted by atomic mass is 79.9. The molecule has 0 aliphatic carbocycles. The zero-order chi connectivity index (χ0) is 13.0. The van der Waals surface area contributed by atoms with E-state index in [0.717, 1.165) is 5.33 Å². The molecule has 0 aromatic heterocycles. The van der Waals surface area contributed by atoms with Crippen LogP contribution in [0.4, 0.5) is 0 Å². The van der Waals surface area contributed by atoms with Crippen molar-refractivity contribution in [2.24, 2.45) is 0 Å². The Balaban J connectivity index is 3.04. The average Bonchev–Trinajstić information content (AvgIpc) is 2.28. The fourth-order valence-electron chi connectivity index (χ4n) is 1.50. The van der Waals surface area contributed by atoms with Crippen molar-refractivity contribution in [3.05, 3.63) is 33.8 Å². The van der Waals surface area contributed by atoms with E-state index in [4.69, 9.17) is 23.2 Å². The van der Waals surface area contributed by atoms with Crippen LogP contribution in [0, 0.1) is 0 Å². The molecule has 0 saturated heterocycles. The number of benzene rings is 1. The molecule has 1 aromatic rings. The first-order chi connectivity index (χ1) is 7.97. The van der Waals surface area contributed by atoms with E-state index in [1.165, 1.54) is 0 Å². The Bertz CT molecular complexity index is 409. The van der Waals surface area contributed by atoms with Crippen LogP contribution in [0.2, 0.25) is 10.0 Å². The smallest absolute Gasteiger partial charge is 0.255 e. The minimum atomic E-state index is -0.0908. The summed E-state index contributed by atoms with van der Waals surface area (Å²) in [6.07, 6.45) is 0. The molecule has 1 aromatic carbocycles. The molecule has 0 bridgehead atoms. The van der Waals surface area contributed by atoms with Crippen LogP contribution in [-0.4, -0.2) is 28.7 Å². The molecular weight excluding hydrogens is 325 g/mol. The van der Waals surface area contributed by atoms with Gasteiger partial charge < -0.3 is 4.90 Å². The summed E-state index contributed by atoms with van der Waals surface area (Å²) >= 11 is 15.2. The topological polar surface area (TPSA) is 20.3 Å². The predicted molar refractivity (Wildman–Crippen MR) is 76.4 cm³/mol. The Morgan fingerprint density at radius 2 is 2.06 bits per heavy atom. The molecule has 5 heteroatoms. The lowest BCUT2D eigenvalue weighted by molar-refractivity contribution is 0.0719. The molecule has 0 unspecified atom stereocenters. The van der Waals surface area contributed by atoms with Crippen molar-refractivity contribution in [1.29, 1.82) is 0 Å². The van der Waals surface area contributed by atoms with Crippen molar-refractivity contribution in [3.8, 4) is 0 Å². The summed E-state index contributed by atoms with van der Waals surface area (Å²) in [6, 6.07) is 5.04. The molecule has 0 radical (unpaired) electrons. The summed E-state index contributed by atoms with van der Waals surface area (Å²) in [5.74, 6) is -0.0908. The maximum absolute atomic E-state index is 12.3. The molecule has 0 N–H and O–H groups in total. The molecule has 1 amide bonds. The maximum Gasteiger partial charge on any atom is 0.255 e. The maximum atomic E-state index is 12.3. The molecule has 17 heavy (non-hydrogen) atoms. The van der Waals surface area contributed by atoms with Gasteiger partial charge in [0.1, 0.15) is 0 Å². The van der Waals surface area contributed by atoms with E-state index >= 15 is 0 Å². The van der Waals surface area contributed by atoms with E-state index in [9.17, 15) is 4.79 Å². The predicted octanol–water partition coefficient (Wildman–Crippen LogP) is 4.24. The van der Waals surface area contributed by atoms with Gasteiger partial charge in [0, 0.05) is 22.9 Å². The molecule has 0 aliphatic heterocycles. The lowest BCUT2D eigenvalue weighted by atomic mass is 10.1. The number of hydrogen-bond acceptors (Lipinski definition) is 1. The summed E-state index contributed by atoms with van der Waals surface area (Å²) in [6.45, 7) is 4.58. The van der Waals surface area contributed by atoms with Gasteiger partial charge in [-0.25, -0.2) is 0 Å². The van der Waals surface area contributed by atoms with E-state index in [0.29, 0.717) is 22.2 Å². The zero-order valence-corrected chi connectivity index (χ0v) is 12.8. The third kappa shape index (κ3) is 3.87. The summed E-state index contributed by atoms with van der Waals surface area (Å²) < 4.78 is 0. The van der Waals surface area contributed by atoms with Crippen molar-refractivity contribution < 1.29 is 4.79 Å². The van der Waals surface area contributed by atoms with Crippen LogP contribution in [0.15, 0.2) is 18.2 Å². The molecule has 0 aliphatic rings. The molecule has 1 rings (SSSR count). The van der Waals surface area contributed by atoms with Crippen LogP contribution >= 0.6 is 39.1 Å². The van der Waals surface area contributed by atoms with Gasteiger partial charge in [-0.3, -0.25) is 4.79 Å². The lowest BCUT2D eigenvalue weighted by Gasteiger charge is -2.26. The number of nitrogens with zero attached hydrogens (tertiary/aromatic N) is 1. The molecule has 2 nitrogen and oxygen atoms in total. The van der Waals surface area contributed by atoms with E-state index in [1.807, 2.05) is 13.8 Å². The Hall–Kier alpha value is -0.250. The molecule has 0 spiro atoms. The molecule has 94 valence electrons. The highest BCUT2D eigenvalue weighted by molar-refractivity contribution is 9.09. The molecule has 0 atom stereocenters. The molecular formula is C12H14BrCl2NO. The molecule has 0 saturated carbocycles. The van der Waals surface area contributed by atoms with Crippen LogP contribution in [0.5, 0.6) is 0 Å². The van der Waals surface area contributed by atoms with Crippen molar-refractivity contribution >= 4 is 45.0 Å². The van der Waals surface area contributed by atoms with Gasteiger partial charge >= 0.3 is 0 Å². The number of amides is 1. The van der Waals surface area contributed by atoms with Crippen LogP contribution in [0.25, 0.3) is 0 Å². The quantitative estimate of drug-likeness (QED) is 0.752. The van der Waals surface area contributed by atoms with E-state index in [1.54, 1.807) is 23.1 Å². The van der Waals surface area contributed by atoms with Gasteiger partial charge in [-0.2, -0.15) is 0 Å². The van der Waals surface area contributed by atoms with Crippen LogP contribution in [-0.2, 0) is 0 Å². The summed E-state index contributed by atoms with van der Waals surface area (Å²) in [5.41, 5.74) is 0.453. The van der Waals surface area contributed by atoms with E-state index in [-0.39, 0.29) is 11.9 Å². The van der Waals surface area contributed by atoms with Crippen molar-refractivity contribution in [2.45, 2.75) is 19.9 Å². The lowest BCUT2D eigenvalue weighted by Crippen LogP contribution is -2.38. The standard InChI is InChI=1S/C12H14BrCl2NO/c1-8(2)16(6-5-13)12(17)10-7-9(14)3-4-11(10)15/h3-4,7-8H,5-6H2,1-2H3. The number of carbonyl (C=O) groups excluding carboxylic acids is 1. The van der Waals surface area contributed by atoms with Crippen LogP contribution in [0.1, 0.15) is 24.2 Å². The summed E-state index contributed by atoms with van der Waals surface area (Å²) in [7, 11) is 0. The van der Waals surface area contributed by atoms with Crippen molar-refractivity contribution in [3.63, 3.8) is 0 Å². The number of hydrogen-bond donors (Lipinski definition) is 0. The van der Waals surface area contributed by atoms with Crippen LogP contribution < -0.4 is 0 Å². The van der Waals surface area contributed by atoms with Crippen LogP contribution in [0.3, 0.4) is 0 Å². The second-order valence-electron chi connectivity index (χ2n) is 3.91. The fraction of sp³-hybridized carbons (Fsp3) is 0.417. The number of carbonyl (C=O) groups is 1. The number of halogens is 3. The first-order valence-electron chi connectivity index (χ1n) is 5.29. The third-order valence-electron chi connectivity index (χ3n) is 2.37. The average molecular weight is 339 g/mol. The van der Waals surface area contributed by atoms with E-state index in [2.05, 4.69) is 15.9 Å². The summed E-state index contributed by atoms with van der Waals surface area (Å²) in [4.78, 5) is 14.1. The Morgan fingerprint density at radius 1 is 1.41 bits per heavy atom. The van der Waals surface area contributed by atoms with Crippen molar-refractivity contribution in [2.75, 3.05) is 11.9 Å². The van der Waals surface area contributed by atoms with Gasteiger partial charge in [-0.15, -0.1) is 0 Å². The first-order valence-corrected chi connectivity index (χ1v) is 7.17. The summed E-state index contributed by atoms with van der Waals surface area (Å²) in [5, 5.41) is 1.68. The SMILES string of the molecule is CC(C)N(CCBr)C(=O)c1cc(Cl)ccc1Cl. The number of rotatable bonds is 4. The second-order valence-corrected chi connectivity index (χ2v) is 5.54. The van der Waals surface area contributed by atoms with E-state index < -0.39 is 0 Å². The Labute approximate surface area is 120 Å². The van der Waals surface area contributed by atoms with Gasteiger partial charge in [-0.05, 0) is 32.0 Å². The third-order valence-corrected chi connectivity index (χ3v) is 3.29. The largest absolute Gasteiger partial charge is 0.335 e. The van der Waals surface area contributed by atoms with Gasteiger partial charge in [-0.1, -0.05) is 39.1 Å². The van der Waals surface area contributed by atoms with Gasteiger partial charge in [0.25, 0.3) is 5.91 Å². The van der Waals surface area contributed by atoms with Gasteiger partial charge in [0.05, 0.1) is 10.6 Å². The zero-order valence-electron chi connectivity index (χ0n) is 9.71. The minimum absolute atomic E-state index is 0.0908. The Kier molecular flexibility index (Phi) is 5.77. The number of alkyl halides is 1. The fourth-order valence-corrected chi connectivity index (χ4v) is 2.25. The molecule has 0 fully saturated rings. The van der Waals surface area contributed by atoms with Gasteiger partial charge in [0.15, 0.2) is 0 Å². The normalized spacial score (nSPS) is 10.7. The monoisotopic (exact) mass is 337 g/mol.